The minimum Gasteiger partial charge on any atom is -0.351 e. The standard InChI is InChI=1S/C21H33N3O3S/c1-17-9-3-5-11-19(17)22-16-21(25)23-15-18-10-4-6-12-20(18)28(26,27)24-13-7-2-8-14-24/h4,6,10,12,17,19,22H,2-3,5,7-9,11,13-16H2,1H3,(H,23,25). The fourth-order valence-corrected chi connectivity index (χ4v) is 5.98. The normalized spacial score (nSPS) is 24.0. The van der Waals surface area contributed by atoms with E-state index in [-0.39, 0.29) is 19.0 Å². The van der Waals surface area contributed by atoms with Crippen molar-refractivity contribution in [3.05, 3.63) is 29.8 Å². The van der Waals surface area contributed by atoms with Crippen LogP contribution in [0.15, 0.2) is 29.2 Å². The monoisotopic (exact) mass is 407 g/mol. The molecule has 1 amide bonds. The minimum absolute atomic E-state index is 0.0945. The lowest BCUT2D eigenvalue weighted by Crippen LogP contribution is -2.43. The van der Waals surface area contributed by atoms with E-state index in [0.717, 1.165) is 25.7 Å². The summed E-state index contributed by atoms with van der Waals surface area (Å²) in [6.07, 6.45) is 7.70. The highest BCUT2D eigenvalue weighted by Crippen LogP contribution is 2.24. The number of hydrogen-bond donors (Lipinski definition) is 2. The number of sulfonamides is 1. The number of nitrogens with zero attached hydrogens (tertiary/aromatic N) is 1. The summed E-state index contributed by atoms with van der Waals surface area (Å²) >= 11 is 0. The topological polar surface area (TPSA) is 78.5 Å². The van der Waals surface area contributed by atoms with Crippen molar-refractivity contribution in [2.75, 3.05) is 19.6 Å². The van der Waals surface area contributed by atoms with Crippen LogP contribution in [0, 0.1) is 5.92 Å². The first-order valence-corrected chi connectivity index (χ1v) is 12.0. The molecule has 2 aliphatic rings. The third-order valence-corrected chi connectivity index (χ3v) is 8.02. The van der Waals surface area contributed by atoms with Gasteiger partial charge in [-0.25, -0.2) is 8.42 Å². The molecule has 3 rings (SSSR count). The largest absolute Gasteiger partial charge is 0.351 e. The Morgan fingerprint density at radius 1 is 1.07 bits per heavy atom. The second-order valence-corrected chi connectivity index (χ2v) is 10.0. The molecule has 2 unspecified atom stereocenters. The third-order valence-electron chi connectivity index (χ3n) is 6.02. The molecule has 1 aromatic carbocycles. The highest BCUT2D eigenvalue weighted by atomic mass is 32.2. The maximum absolute atomic E-state index is 13.0. The second-order valence-electron chi connectivity index (χ2n) is 8.10. The van der Waals surface area contributed by atoms with Gasteiger partial charge >= 0.3 is 0 Å². The van der Waals surface area contributed by atoms with Crippen LogP contribution in [-0.2, 0) is 21.4 Å². The zero-order valence-electron chi connectivity index (χ0n) is 16.8. The molecule has 156 valence electrons. The molecule has 2 fully saturated rings. The maximum Gasteiger partial charge on any atom is 0.243 e. The number of rotatable bonds is 7. The molecule has 2 atom stereocenters. The van der Waals surface area contributed by atoms with E-state index >= 15 is 0 Å². The Hall–Kier alpha value is -1.44. The van der Waals surface area contributed by atoms with Crippen LogP contribution in [0.5, 0.6) is 0 Å². The molecule has 6 nitrogen and oxygen atoms in total. The van der Waals surface area contributed by atoms with E-state index in [0.29, 0.717) is 35.5 Å². The lowest BCUT2D eigenvalue weighted by atomic mass is 9.86. The molecule has 0 spiro atoms. The van der Waals surface area contributed by atoms with Crippen molar-refractivity contribution < 1.29 is 13.2 Å². The van der Waals surface area contributed by atoms with Gasteiger partial charge in [0.1, 0.15) is 0 Å². The summed E-state index contributed by atoms with van der Waals surface area (Å²) in [6, 6.07) is 7.39. The van der Waals surface area contributed by atoms with E-state index in [9.17, 15) is 13.2 Å². The van der Waals surface area contributed by atoms with Gasteiger partial charge in [0.25, 0.3) is 0 Å². The highest BCUT2D eigenvalue weighted by molar-refractivity contribution is 7.89. The van der Waals surface area contributed by atoms with Crippen LogP contribution in [0.2, 0.25) is 0 Å². The summed E-state index contributed by atoms with van der Waals surface area (Å²) in [7, 11) is -3.51. The zero-order chi connectivity index (χ0) is 20.0. The van der Waals surface area contributed by atoms with Gasteiger partial charge in [0.2, 0.25) is 15.9 Å². The van der Waals surface area contributed by atoms with Gasteiger partial charge in [0.15, 0.2) is 0 Å². The van der Waals surface area contributed by atoms with Crippen LogP contribution in [0.25, 0.3) is 0 Å². The number of benzene rings is 1. The van der Waals surface area contributed by atoms with Crippen LogP contribution < -0.4 is 10.6 Å². The Kier molecular flexibility index (Phi) is 7.48. The summed E-state index contributed by atoms with van der Waals surface area (Å²) in [5.41, 5.74) is 0.646. The predicted octanol–water partition coefficient (Wildman–Crippen LogP) is 2.65. The van der Waals surface area contributed by atoms with E-state index in [1.54, 1.807) is 22.5 Å². The van der Waals surface area contributed by atoms with Crippen molar-refractivity contribution in [2.45, 2.75) is 69.4 Å². The van der Waals surface area contributed by atoms with Crippen LogP contribution >= 0.6 is 0 Å². The molecule has 1 heterocycles. The first-order chi connectivity index (χ1) is 13.5. The Morgan fingerprint density at radius 3 is 2.54 bits per heavy atom. The summed E-state index contributed by atoms with van der Waals surface area (Å²) in [5.74, 6) is 0.500. The first-order valence-electron chi connectivity index (χ1n) is 10.6. The van der Waals surface area contributed by atoms with Crippen LogP contribution in [0.3, 0.4) is 0 Å². The Morgan fingerprint density at radius 2 is 1.79 bits per heavy atom. The lowest BCUT2D eigenvalue weighted by Gasteiger charge is -2.29. The molecular formula is C21H33N3O3S. The van der Waals surface area contributed by atoms with Crippen molar-refractivity contribution in [3.8, 4) is 0 Å². The average Bonchev–Trinajstić information content (AvgIpc) is 2.72. The van der Waals surface area contributed by atoms with Crippen LogP contribution in [-0.4, -0.2) is 44.3 Å². The molecule has 0 aromatic heterocycles. The molecule has 28 heavy (non-hydrogen) atoms. The fourth-order valence-electron chi connectivity index (χ4n) is 4.25. The molecule has 2 N–H and O–H groups in total. The van der Waals surface area contributed by atoms with Gasteiger partial charge in [-0.1, -0.05) is 44.4 Å². The second kappa shape index (κ2) is 9.85. The predicted molar refractivity (Wildman–Crippen MR) is 110 cm³/mol. The molecule has 1 saturated carbocycles. The molecule has 1 aliphatic heterocycles. The molecule has 7 heteroatoms. The number of carbonyl (C=O) groups is 1. The molecule has 1 aliphatic carbocycles. The van der Waals surface area contributed by atoms with Crippen molar-refractivity contribution in [2.24, 2.45) is 5.92 Å². The average molecular weight is 408 g/mol. The number of amides is 1. The molecule has 0 radical (unpaired) electrons. The van der Waals surface area contributed by atoms with Crippen molar-refractivity contribution in [1.82, 2.24) is 14.9 Å². The van der Waals surface area contributed by atoms with E-state index in [1.165, 1.54) is 19.3 Å². The smallest absolute Gasteiger partial charge is 0.243 e. The Labute approximate surface area is 169 Å². The van der Waals surface area contributed by atoms with Crippen LogP contribution in [0.1, 0.15) is 57.4 Å². The summed E-state index contributed by atoms with van der Waals surface area (Å²) in [4.78, 5) is 12.6. The van der Waals surface area contributed by atoms with Crippen LogP contribution in [0.4, 0.5) is 0 Å². The van der Waals surface area contributed by atoms with Crippen molar-refractivity contribution in [1.29, 1.82) is 0 Å². The SMILES string of the molecule is CC1CCCCC1NCC(=O)NCc1ccccc1S(=O)(=O)N1CCCCC1. The van der Waals surface area contributed by atoms with Gasteiger partial charge in [0.05, 0.1) is 11.4 Å². The number of nitrogens with one attached hydrogen (secondary N) is 2. The van der Waals surface area contributed by atoms with E-state index in [4.69, 9.17) is 0 Å². The summed E-state index contributed by atoms with van der Waals surface area (Å²) in [6.45, 7) is 3.88. The van der Waals surface area contributed by atoms with Crippen molar-refractivity contribution >= 4 is 15.9 Å². The molecule has 1 saturated heterocycles. The Bertz CT molecular complexity index is 760. The van der Waals surface area contributed by atoms with E-state index in [1.807, 2.05) is 6.07 Å². The molecule has 0 bridgehead atoms. The fraction of sp³-hybridized carbons (Fsp3) is 0.667. The van der Waals surface area contributed by atoms with Gasteiger partial charge in [-0.2, -0.15) is 4.31 Å². The maximum atomic E-state index is 13.0. The highest BCUT2D eigenvalue weighted by Gasteiger charge is 2.28. The minimum atomic E-state index is -3.51. The number of hydrogen-bond acceptors (Lipinski definition) is 4. The molecular weight excluding hydrogens is 374 g/mol. The zero-order valence-corrected chi connectivity index (χ0v) is 17.6. The van der Waals surface area contributed by atoms with E-state index in [2.05, 4.69) is 17.6 Å². The molecule has 1 aromatic rings. The van der Waals surface area contributed by atoms with Gasteiger partial charge in [0, 0.05) is 25.7 Å². The van der Waals surface area contributed by atoms with Crippen molar-refractivity contribution in [3.63, 3.8) is 0 Å². The number of piperidine rings is 1. The first kappa shape index (κ1) is 21.3. The van der Waals surface area contributed by atoms with Gasteiger partial charge in [-0.15, -0.1) is 0 Å². The lowest BCUT2D eigenvalue weighted by molar-refractivity contribution is -0.120. The number of carbonyl (C=O) groups excluding carboxylic acids is 1. The van der Waals surface area contributed by atoms with Gasteiger partial charge in [-0.05, 0) is 43.2 Å². The van der Waals surface area contributed by atoms with Gasteiger partial charge in [-0.3, -0.25) is 4.79 Å². The van der Waals surface area contributed by atoms with Gasteiger partial charge < -0.3 is 10.6 Å². The third kappa shape index (κ3) is 5.33. The summed E-state index contributed by atoms with van der Waals surface area (Å²) < 4.78 is 27.6. The van der Waals surface area contributed by atoms with E-state index < -0.39 is 10.0 Å². The summed E-state index contributed by atoms with van der Waals surface area (Å²) in [5, 5.41) is 6.25. The Balaban J connectivity index is 1.58. The quantitative estimate of drug-likeness (QED) is 0.728.